The van der Waals surface area contributed by atoms with Crippen molar-refractivity contribution >= 4 is 23.1 Å². The van der Waals surface area contributed by atoms with Gasteiger partial charge < -0.3 is 9.47 Å². The number of benzene rings is 1. The van der Waals surface area contributed by atoms with Gasteiger partial charge in [0.15, 0.2) is 12.1 Å². The molecule has 1 aliphatic heterocycles. The number of ether oxygens (including phenoxy) is 2. The van der Waals surface area contributed by atoms with Gasteiger partial charge in [-0.1, -0.05) is 44.0 Å². The predicted octanol–water partition coefficient (Wildman–Crippen LogP) is 4.73. The summed E-state index contributed by atoms with van der Waals surface area (Å²) in [6.07, 6.45) is 6.57. The van der Waals surface area contributed by atoms with E-state index < -0.39 is 0 Å². The van der Waals surface area contributed by atoms with Crippen LogP contribution in [-0.4, -0.2) is 28.3 Å². The number of rotatable bonds is 6. The highest BCUT2D eigenvalue weighted by Crippen LogP contribution is 2.28. The first-order valence-corrected chi connectivity index (χ1v) is 8.94. The molecule has 0 aliphatic carbocycles. The molecular weight excluding hydrogens is 334 g/mol. The number of nitrogens with zero attached hydrogens (tertiary/aromatic N) is 3. The molecule has 0 bridgehead atoms. The summed E-state index contributed by atoms with van der Waals surface area (Å²) in [7, 11) is 0. The second kappa shape index (κ2) is 8.92. The van der Waals surface area contributed by atoms with Gasteiger partial charge in [0.25, 0.3) is 0 Å². The Morgan fingerprint density at radius 2 is 1.84 bits per heavy atom. The zero-order valence-corrected chi connectivity index (χ0v) is 15.0. The molecule has 0 N–H and O–H groups in total. The molecule has 0 amide bonds. The first kappa shape index (κ1) is 17.8. The van der Waals surface area contributed by atoms with Gasteiger partial charge in [0, 0.05) is 17.0 Å². The molecule has 1 fully saturated rings. The molecular formula is C19H21N3O2S. The lowest BCUT2D eigenvalue weighted by Gasteiger charge is -2.29. The lowest BCUT2D eigenvalue weighted by molar-refractivity contribution is -0.206. The summed E-state index contributed by atoms with van der Waals surface area (Å²) in [6, 6.07) is 7.95. The summed E-state index contributed by atoms with van der Waals surface area (Å²) < 4.78 is 11.8. The van der Waals surface area contributed by atoms with Crippen molar-refractivity contribution in [3.05, 3.63) is 42.2 Å². The van der Waals surface area contributed by atoms with Crippen LogP contribution in [0.25, 0.3) is 11.4 Å². The Hall–Kier alpha value is -1.98. The van der Waals surface area contributed by atoms with Crippen LogP contribution in [0.1, 0.15) is 38.0 Å². The Bertz CT molecular complexity index is 719. The molecule has 3 rings (SSSR count). The van der Waals surface area contributed by atoms with Gasteiger partial charge in [0.05, 0.1) is 30.8 Å². The van der Waals surface area contributed by atoms with Gasteiger partial charge >= 0.3 is 0 Å². The van der Waals surface area contributed by atoms with Crippen LogP contribution in [0.4, 0.5) is 5.69 Å². The van der Waals surface area contributed by atoms with Crippen LogP contribution in [0.3, 0.4) is 0 Å². The van der Waals surface area contributed by atoms with Crippen molar-refractivity contribution in [3.8, 4) is 11.4 Å². The fraction of sp³-hybridized carbons (Fsp3) is 0.421. The minimum atomic E-state index is -0.285. The molecule has 0 unspecified atom stereocenters. The number of aliphatic imine (C=N–C) groups is 1. The highest BCUT2D eigenvalue weighted by atomic mass is 32.1. The van der Waals surface area contributed by atoms with Crippen LogP contribution in [0, 0.1) is 5.92 Å². The Kier molecular flexibility index (Phi) is 6.36. The fourth-order valence-electron chi connectivity index (χ4n) is 2.77. The second-order valence-corrected chi connectivity index (χ2v) is 6.28. The molecule has 5 nitrogen and oxygen atoms in total. The van der Waals surface area contributed by atoms with Crippen LogP contribution >= 0.6 is 12.2 Å². The molecule has 6 heteroatoms. The van der Waals surface area contributed by atoms with E-state index in [0.29, 0.717) is 17.4 Å². The van der Waals surface area contributed by atoms with E-state index in [1.54, 1.807) is 12.4 Å². The largest absolute Gasteiger partial charge is 0.348 e. The topological polar surface area (TPSA) is 56.6 Å². The third-order valence-electron chi connectivity index (χ3n) is 4.19. The van der Waals surface area contributed by atoms with Crippen LogP contribution in [0.15, 0.2) is 41.7 Å². The van der Waals surface area contributed by atoms with Gasteiger partial charge in [-0.3, -0.25) is 0 Å². The van der Waals surface area contributed by atoms with Crippen molar-refractivity contribution in [2.75, 3.05) is 13.2 Å². The third-order valence-corrected chi connectivity index (χ3v) is 4.28. The van der Waals surface area contributed by atoms with Crippen LogP contribution in [0.5, 0.6) is 0 Å². The first-order chi connectivity index (χ1) is 12.3. The van der Waals surface area contributed by atoms with Crippen molar-refractivity contribution in [1.29, 1.82) is 0 Å². The number of hydrogen-bond donors (Lipinski definition) is 0. The normalized spacial score (nSPS) is 20.0. The summed E-state index contributed by atoms with van der Waals surface area (Å²) in [5, 5.41) is 2.30. The van der Waals surface area contributed by atoms with Crippen molar-refractivity contribution in [1.82, 2.24) is 9.97 Å². The Balaban J connectivity index is 1.61. The van der Waals surface area contributed by atoms with Gasteiger partial charge in [0.2, 0.25) is 0 Å². The summed E-state index contributed by atoms with van der Waals surface area (Å²) in [5.41, 5.74) is 2.54. The van der Waals surface area contributed by atoms with Crippen LogP contribution in [0.2, 0.25) is 0 Å². The highest BCUT2D eigenvalue weighted by molar-refractivity contribution is 7.78. The van der Waals surface area contributed by atoms with Gasteiger partial charge in [0.1, 0.15) is 5.69 Å². The van der Waals surface area contributed by atoms with E-state index in [9.17, 15) is 0 Å². The molecule has 25 heavy (non-hydrogen) atoms. The fourth-order valence-corrected chi connectivity index (χ4v) is 2.87. The molecule has 130 valence electrons. The van der Waals surface area contributed by atoms with Crippen molar-refractivity contribution in [3.63, 3.8) is 0 Å². The first-order valence-electron chi connectivity index (χ1n) is 8.53. The Labute approximate surface area is 153 Å². The lowest BCUT2D eigenvalue weighted by Crippen LogP contribution is -2.27. The zero-order chi connectivity index (χ0) is 17.5. The van der Waals surface area contributed by atoms with E-state index in [2.05, 4.69) is 39.3 Å². The molecule has 0 spiro atoms. The van der Waals surface area contributed by atoms with E-state index in [1.807, 2.05) is 24.3 Å². The maximum absolute atomic E-state index is 5.88. The third kappa shape index (κ3) is 4.77. The van der Waals surface area contributed by atoms with Gasteiger partial charge in [-0.2, -0.15) is 4.99 Å². The lowest BCUT2D eigenvalue weighted by atomic mass is 10.0. The Morgan fingerprint density at radius 3 is 2.44 bits per heavy atom. The number of thiocarbonyl (C=S) groups is 1. The predicted molar refractivity (Wildman–Crippen MR) is 99.8 cm³/mol. The Morgan fingerprint density at radius 1 is 1.16 bits per heavy atom. The standard InChI is InChI=1S/C19H21N3O2S/c1-2-3-4-14-11-23-19(24-12-14)16-7-5-15(6-8-16)18-20-9-17(10-21-18)22-13-25/h5-10,14,19H,2-4,11-12H2,1H3. The second-order valence-electron chi connectivity index (χ2n) is 6.10. The molecule has 2 heterocycles. The maximum atomic E-state index is 5.88. The molecule has 2 aromatic rings. The zero-order valence-electron chi connectivity index (χ0n) is 14.2. The molecule has 0 atom stereocenters. The number of isothiocyanates is 1. The average Bonchev–Trinajstić information content (AvgIpc) is 2.68. The van der Waals surface area contributed by atoms with E-state index in [1.165, 1.54) is 19.3 Å². The average molecular weight is 355 g/mol. The van der Waals surface area contributed by atoms with E-state index in [-0.39, 0.29) is 6.29 Å². The summed E-state index contributed by atoms with van der Waals surface area (Å²) >= 11 is 4.57. The van der Waals surface area contributed by atoms with Gasteiger partial charge in [-0.05, 0) is 18.6 Å². The highest BCUT2D eigenvalue weighted by Gasteiger charge is 2.23. The van der Waals surface area contributed by atoms with E-state index in [0.717, 1.165) is 24.3 Å². The van der Waals surface area contributed by atoms with E-state index in [4.69, 9.17) is 9.47 Å². The molecule has 1 aromatic heterocycles. The molecule has 1 aromatic carbocycles. The van der Waals surface area contributed by atoms with Crippen molar-refractivity contribution < 1.29 is 9.47 Å². The van der Waals surface area contributed by atoms with Crippen LogP contribution < -0.4 is 0 Å². The summed E-state index contributed by atoms with van der Waals surface area (Å²) in [5.74, 6) is 1.15. The van der Waals surface area contributed by atoms with E-state index >= 15 is 0 Å². The summed E-state index contributed by atoms with van der Waals surface area (Å²) in [4.78, 5) is 12.4. The quantitative estimate of drug-likeness (QED) is 0.554. The molecule has 1 saturated heterocycles. The number of aromatic nitrogens is 2. The number of unbranched alkanes of at least 4 members (excludes halogenated alkanes) is 1. The van der Waals surface area contributed by atoms with Gasteiger partial charge in [-0.15, -0.1) is 0 Å². The van der Waals surface area contributed by atoms with Crippen molar-refractivity contribution in [2.45, 2.75) is 32.5 Å². The number of hydrogen-bond acceptors (Lipinski definition) is 6. The smallest absolute Gasteiger partial charge is 0.183 e. The van der Waals surface area contributed by atoms with Crippen LogP contribution in [-0.2, 0) is 9.47 Å². The monoisotopic (exact) mass is 355 g/mol. The molecule has 0 radical (unpaired) electrons. The summed E-state index contributed by atoms with van der Waals surface area (Å²) in [6.45, 7) is 3.73. The molecule has 0 saturated carbocycles. The minimum Gasteiger partial charge on any atom is -0.348 e. The van der Waals surface area contributed by atoms with Gasteiger partial charge in [-0.25, -0.2) is 9.97 Å². The SMILES string of the molecule is CCCCC1COC(c2ccc(-c3ncc(N=C=S)cn3)cc2)OC1. The van der Waals surface area contributed by atoms with Crippen molar-refractivity contribution in [2.24, 2.45) is 10.9 Å². The minimum absolute atomic E-state index is 0.285. The maximum Gasteiger partial charge on any atom is 0.183 e. The molecule has 1 aliphatic rings.